The zero-order chi connectivity index (χ0) is 11.5. The highest BCUT2D eigenvalue weighted by Gasteiger charge is 2.24. The van der Waals surface area contributed by atoms with Crippen molar-refractivity contribution < 1.29 is 0 Å². The molecule has 1 aromatic rings. The Bertz CT molecular complexity index is 364. The summed E-state index contributed by atoms with van der Waals surface area (Å²) in [5.74, 6) is 1.96. The standard InChI is InChI=1S/C12H20N4/c1-8-3-4-10-7-15-12(14-6-5-13)16-11(10)9(8)2/h7-9H,3-6,13H2,1-2H3,(H,14,15,16). The molecule has 3 N–H and O–H groups in total. The zero-order valence-electron chi connectivity index (χ0n) is 10.0. The molecule has 0 amide bonds. The van der Waals surface area contributed by atoms with Gasteiger partial charge in [0.15, 0.2) is 0 Å². The van der Waals surface area contributed by atoms with Crippen LogP contribution in [0.3, 0.4) is 0 Å². The Kier molecular flexibility index (Phi) is 3.39. The quantitative estimate of drug-likeness (QED) is 0.811. The second-order valence-electron chi connectivity index (χ2n) is 4.62. The van der Waals surface area contributed by atoms with Crippen molar-refractivity contribution in [3.8, 4) is 0 Å². The second-order valence-corrected chi connectivity index (χ2v) is 4.62. The van der Waals surface area contributed by atoms with Crippen LogP contribution < -0.4 is 11.1 Å². The van der Waals surface area contributed by atoms with Crippen LogP contribution >= 0.6 is 0 Å². The van der Waals surface area contributed by atoms with E-state index in [4.69, 9.17) is 5.73 Å². The van der Waals surface area contributed by atoms with Gasteiger partial charge in [-0.3, -0.25) is 0 Å². The van der Waals surface area contributed by atoms with Gasteiger partial charge in [-0.2, -0.15) is 0 Å². The molecule has 0 saturated carbocycles. The largest absolute Gasteiger partial charge is 0.353 e. The van der Waals surface area contributed by atoms with E-state index in [9.17, 15) is 0 Å². The number of nitrogens with one attached hydrogen (secondary N) is 1. The minimum absolute atomic E-state index is 0.533. The average molecular weight is 220 g/mol. The monoisotopic (exact) mass is 220 g/mol. The summed E-state index contributed by atoms with van der Waals surface area (Å²) >= 11 is 0. The van der Waals surface area contributed by atoms with Crippen molar-refractivity contribution >= 4 is 5.95 Å². The third-order valence-corrected chi connectivity index (χ3v) is 3.48. The lowest BCUT2D eigenvalue weighted by Gasteiger charge is -2.27. The molecular weight excluding hydrogens is 200 g/mol. The molecular formula is C12H20N4. The number of rotatable bonds is 3. The van der Waals surface area contributed by atoms with E-state index >= 15 is 0 Å². The number of hydrogen-bond donors (Lipinski definition) is 2. The van der Waals surface area contributed by atoms with Gasteiger partial charge in [0.25, 0.3) is 0 Å². The lowest BCUT2D eigenvalue weighted by Crippen LogP contribution is -2.20. The molecule has 1 aromatic heterocycles. The third kappa shape index (κ3) is 2.16. The van der Waals surface area contributed by atoms with Crippen molar-refractivity contribution in [1.82, 2.24) is 9.97 Å². The predicted octanol–water partition coefficient (Wildman–Crippen LogP) is 1.53. The maximum atomic E-state index is 5.45. The molecule has 0 aliphatic heterocycles. The Labute approximate surface area is 96.7 Å². The fourth-order valence-corrected chi connectivity index (χ4v) is 2.18. The fraction of sp³-hybridized carbons (Fsp3) is 0.667. The Balaban J connectivity index is 2.22. The summed E-state index contributed by atoms with van der Waals surface area (Å²) in [6.07, 6.45) is 4.31. The summed E-state index contributed by atoms with van der Waals surface area (Å²) in [7, 11) is 0. The van der Waals surface area contributed by atoms with E-state index in [0.717, 1.165) is 13.0 Å². The highest BCUT2D eigenvalue weighted by atomic mass is 15.1. The van der Waals surface area contributed by atoms with E-state index in [0.29, 0.717) is 24.3 Å². The average Bonchev–Trinajstić information content (AvgIpc) is 2.31. The maximum absolute atomic E-state index is 5.45. The van der Waals surface area contributed by atoms with Crippen LogP contribution in [0.25, 0.3) is 0 Å². The first-order chi connectivity index (χ1) is 7.72. The van der Waals surface area contributed by atoms with Gasteiger partial charge in [-0.1, -0.05) is 13.8 Å². The first kappa shape index (κ1) is 11.3. The zero-order valence-corrected chi connectivity index (χ0v) is 10.0. The topological polar surface area (TPSA) is 63.8 Å². The summed E-state index contributed by atoms with van der Waals surface area (Å²) in [5, 5.41) is 3.13. The third-order valence-electron chi connectivity index (χ3n) is 3.48. The minimum Gasteiger partial charge on any atom is -0.353 e. The van der Waals surface area contributed by atoms with Crippen LogP contribution in [0.5, 0.6) is 0 Å². The highest BCUT2D eigenvalue weighted by Crippen LogP contribution is 2.34. The Morgan fingerprint density at radius 2 is 2.31 bits per heavy atom. The van der Waals surface area contributed by atoms with Crippen molar-refractivity contribution in [3.63, 3.8) is 0 Å². The summed E-state index contributed by atoms with van der Waals surface area (Å²) < 4.78 is 0. The molecule has 4 nitrogen and oxygen atoms in total. The van der Waals surface area contributed by atoms with Gasteiger partial charge in [0.2, 0.25) is 5.95 Å². The molecule has 0 aromatic carbocycles. The van der Waals surface area contributed by atoms with Gasteiger partial charge >= 0.3 is 0 Å². The van der Waals surface area contributed by atoms with Gasteiger partial charge in [-0.15, -0.1) is 0 Å². The van der Waals surface area contributed by atoms with Crippen molar-refractivity contribution in [2.45, 2.75) is 32.6 Å². The smallest absolute Gasteiger partial charge is 0.222 e. The van der Waals surface area contributed by atoms with E-state index in [2.05, 4.69) is 29.1 Å². The maximum Gasteiger partial charge on any atom is 0.222 e. The van der Waals surface area contributed by atoms with E-state index in [1.54, 1.807) is 0 Å². The molecule has 0 radical (unpaired) electrons. The summed E-state index contributed by atoms with van der Waals surface area (Å²) in [4.78, 5) is 8.92. The highest BCUT2D eigenvalue weighted by molar-refractivity contribution is 5.33. The van der Waals surface area contributed by atoms with Crippen LogP contribution in [0, 0.1) is 5.92 Å². The number of aryl methyl sites for hydroxylation is 1. The molecule has 1 heterocycles. The van der Waals surface area contributed by atoms with Crippen molar-refractivity contribution in [3.05, 3.63) is 17.5 Å². The number of nitrogens with zero attached hydrogens (tertiary/aromatic N) is 2. The first-order valence-electron chi connectivity index (χ1n) is 6.02. The molecule has 1 aliphatic rings. The number of fused-ring (bicyclic) bond motifs is 1. The van der Waals surface area contributed by atoms with E-state index in [1.807, 2.05) is 6.20 Å². The Morgan fingerprint density at radius 1 is 1.50 bits per heavy atom. The molecule has 2 atom stereocenters. The van der Waals surface area contributed by atoms with Gasteiger partial charge in [0.05, 0.1) is 5.69 Å². The van der Waals surface area contributed by atoms with Crippen molar-refractivity contribution in [2.24, 2.45) is 11.7 Å². The van der Waals surface area contributed by atoms with Crippen LogP contribution in [0.15, 0.2) is 6.20 Å². The van der Waals surface area contributed by atoms with Crippen LogP contribution in [0.2, 0.25) is 0 Å². The van der Waals surface area contributed by atoms with Crippen LogP contribution in [-0.2, 0) is 6.42 Å². The number of nitrogens with two attached hydrogens (primary N) is 1. The summed E-state index contributed by atoms with van der Waals surface area (Å²) in [6, 6.07) is 0. The fourth-order valence-electron chi connectivity index (χ4n) is 2.18. The van der Waals surface area contributed by atoms with E-state index < -0.39 is 0 Å². The molecule has 88 valence electrons. The van der Waals surface area contributed by atoms with Crippen molar-refractivity contribution in [1.29, 1.82) is 0 Å². The summed E-state index contributed by atoms with van der Waals surface area (Å²) in [5.41, 5.74) is 7.97. The Hall–Kier alpha value is -1.16. The van der Waals surface area contributed by atoms with Crippen LogP contribution in [-0.4, -0.2) is 23.1 Å². The van der Waals surface area contributed by atoms with Crippen LogP contribution in [0.4, 0.5) is 5.95 Å². The normalized spacial score (nSPS) is 23.9. The molecule has 0 saturated heterocycles. The van der Waals surface area contributed by atoms with Crippen LogP contribution in [0.1, 0.15) is 37.4 Å². The van der Waals surface area contributed by atoms with E-state index in [-0.39, 0.29) is 0 Å². The Morgan fingerprint density at radius 3 is 3.06 bits per heavy atom. The molecule has 16 heavy (non-hydrogen) atoms. The van der Waals surface area contributed by atoms with Gasteiger partial charge in [0.1, 0.15) is 0 Å². The first-order valence-corrected chi connectivity index (χ1v) is 6.02. The number of hydrogen-bond acceptors (Lipinski definition) is 4. The lowest BCUT2D eigenvalue weighted by atomic mass is 9.80. The van der Waals surface area contributed by atoms with Crippen molar-refractivity contribution in [2.75, 3.05) is 18.4 Å². The van der Waals surface area contributed by atoms with Gasteiger partial charge < -0.3 is 11.1 Å². The molecule has 0 spiro atoms. The molecule has 2 rings (SSSR count). The molecule has 0 bridgehead atoms. The summed E-state index contributed by atoms with van der Waals surface area (Å²) in [6.45, 7) is 5.88. The van der Waals surface area contributed by atoms with Gasteiger partial charge in [0, 0.05) is 25.2 Å². The second kappa shape index (κ2) is 4.78. The van der Waals surface area contributed by atoms with Gasteiger partial charge in [-0.05, 0) is 24.3 Å². The van der Waals surface area contributed by atoms with Gasteiger partial charge in [-0.25, -0.2) is 9.97 Å². The number of aromatic nitrogens is 2. The molecule has 2 unspecified atom stereocenters. The molecule has 4 heteroatoms. The number of anilines is 1. The molecule has 0 fully saturated rings. The minimum atomic E-state index is 0.533. The predicted molar refractivity (Wildman–Crippen MR) is 65.5 cm³/mol. The lowest BCUT2D eigenvalue weighted by molar-refractivity contribution is 0.416. The molecule has 1 aliphatic carbocycles. The van der Waals surface area contributed by atoms with E-state index in [1.165, 1.54) is 17.7 Å². The SMILES string of the molecule is CC1CCc2cnc(NCCN)nc2C1C.